The van der Waals surface area contributed by atoms with Crippen molar-refractivity contribution in [3.05, 3.63) is 57.2 Å². The normalized spacial score (nSPS) is 10.6. The van der Waals surface area contributed by atoms with Crippen molar-refractivity contribution < 1.29 is 23.8 Å². The molecule has 8 heteroatoms. The van der Waals surface area contributed by atoms with E-state index in [0.717, 1.165) is 3.57 Å². The molecule has 2 rings (SSSR count). The van der Waals surface area contributed by atoms with E-state index in [2.05, 4.69) is 27.9 Å². The first-order chi connectivity index (χ1) is 14.0. The fraction of sp³-hybridized carbons (Fsp3) is 0.190. The molecular formula is C21H19IN2O5. The molecule has 0 saturated carbocycles. The fourth-order valence-electron chi connectivity index (χ4n) is 2.25. The van der Waals surface area contributed by atoms with Gasteiger partial charge in [0.05, 0.1) is 17.3 Å². The molecule has 0 aromatic heterocycles. The number of benzene rings is 2. The van der Waals surface area contributed by atoms with Gasteiger partial charge in [-0.3, -0.25) is 4.79 Å². The predicted octanol–water partition coefficient (Wildman–Crippen LogP) is 3.79. The van der Waals surface area contributed by atoms with Crippen molar-refractivity contribution in [1.29, 1.82) is 5.26 Å². The number of esters is 1. The van der Waals surface area contributed by atoms with Crippen LogP contribution in [0.3, 0.4) is 0 Å². The maximum Gasteiger partial charge on any atom is 0.344 e. The highest BCUT2D eigenvalue weighted by Gasteiger charge is 2.11. The van der Waals surface area contributed by atoms with E-state index in [4.69, 9.17) is 14.2 Å². The zero-order chi connectivity index (χ0) is 21.2. The lowest BCUT2D eigenvalue weighted by molar-refractivity contribution is -0.145. The van der Waals surface area contributed by atoms with Crippen molar-refractivity contribution in [3.63, 3.8) is 0 Å². The Hall–Kier alpha value is -3.06. The summed E-state index contributed by atoms with van der Waals surface area (Å²) < 4.78 is 16.0. The molecule has 0 unspecified atom stereocenters. The molecule has 150 valence electrons. The van der Waals surface area contributed by atoms with Crippen LogP contribution in [0.4, 0.5) is 5.69 Å². The van der Waals surface area contributed by atoms with Crippen LogP contribution in [-0.2, 0) is 14.3 Å². The number of nitriles is 1. The van der Waals surface area contributed by atoms with E-state index in [1.807, 2.05) is 6.07 Å². The van der Waals surface area contributed by atoms with Crippen LogP contribution >= 0.6 is 22.6 Å². The number of hydrogen-bond donors (Lipinski definition) is 1. The lowest BCUT2D eigenvalue weighted by Gasteiger charge is -2.09. The third-order valence-corrected chi connectivity index (χ3v) is 4.47. The van der Waals surface area contributed by atoms with Crippen LogP contribution in [0, 0.1) is 14.9 Å². The average molecular weight is 506 g/mol. The second-order valence-electron chi connectivity index (χ2n) is 5.64. The molecule has 29 heavy (non-hydrogen) atoms. The van der Waals surface area contributed by atoms with Gasteiger partial charge in [-0.05, 0) is 77.6 Å². The van der Waals surface area contributed by atoms with Gasteiger partial charge < -0.3 is 19.5 Å². The fourth-order valence-corrected chi connectivity index (χ4v) is 2.95. The van der Waals surface area contributed by atoms with Gasteiger partial charge in [0.1, 0.15) is 23.1 Å². The van der Waals surface area contributed by atoms with Crippen molar-refractivity contribution in [2.75, 3.05) is 25.6 Å². The smallest absolute Gasteiger partial charge is 0.344 e. The molecule has 0 aliphatic carbocycles. The van der Waals surface area contributed by atoms with Crippen LogP contribution in [0.15, 0.2) is 48.0 Å². The van der Waals surface area contributed by atoms with Crippen molar-refractivity contribution in [2.24, 2.45) is 0 Å². The highest BCUT2D eigenvalue weighted by atomic mass is 127. The largest absolute Gasteiger partial charge is 0.497 e. The van der Waals surface area contributed by atoms with Gasteiger partial charge in [0.15, 0.2) is 6.61 Å². The lowest BCUT2D eigenvalue weighted by atomic mass is 10.1. The third kappa shape index (κ3) is 6.80. The van der Waals surface area contributed by atoms with Crippen LogP contribution < -0.4 is 14.8 Å². The number of ether oxygens (including phenoxy) is 3. The van der Waals surface area contributed by atoms with E-state index < -0.39 is 11.9 Å². The van der Waals surface area contributed by atoms with E-state index in [0.29, 0.717) is 29.4 Å². The van der Waals surface area contributed by atoms with Gasteiger partial charge in [-0.2, -0.15) is 5.26 Å². The van der Waals surface area contributed by atoms with Crippen LogP contribution in [0.2, 0.25) is 0 Å². The minimum atomic E-state index is -0.518. The number of halogens is 1. The molecular weight excluding hydrogens is 487 g/mol. The minimum Gasteiger partial charge on any atom is -0.497 e. The van der Waals surface area contributed by atoms with Crippen molar-refractivity contribution in [2.45, 2.75) is 6.92 Å². The number of carbonyl (C=O) groups is 2. The summed E-state index contributed by atoms with van der Waals surface area (Å²) in [5.74, 6) is 0.209. The summed E-state index contributed by atoms with van der Waals surface area (Å²) in [6.45, 7) is 1.83. The summed E-state index contributed by atoms with van der Waals surface area (Å²) in [5.41, 5.74) is 1.16. The maximum absolute atomic E-state index is 12.4. The van der Waals surface area contributed by atoms with E-state index in [9.17, 15) is 14.9 Å². The van der Waals surface area contributed by atoms with E-state index in [1.165, 1.54) is 6.08 Å². The van der Waals surface area contributed by atoms with E-state index >= 15 is 0 Å². The first-order valence-corrected chi connectivity index (χ1v) is 9.69. The van der Waals surface area contributed by atoms with Crippen molar-refractivity contribution in [1.82, 2.24) is 0 Å². The number of nitrogens with one attached hydrogen (secondary N) is 1. The Balaban J connectivity index is 2.09. The number of anilines is 1. The summed E-state index contributed by atoms with van der Waals surface area (Å²) in [4.78, 5) is 23.8. The zero-order valence-corrected chi connectivity index (χ0v) is 18.1. The first kappa shape index (κ1) is 22.2. The molecule has 1 amide bonds. The molecule has 0 bridgehead atoms. The van der Waals surface area contributed by atoms with Crippen molar-refractivity contribution >= 4 is 46.2 Å². The van der Waals surface area contributed by atoms with Gasteiger partial charge in [0.2, 0.25) is 0 Å². The summed E-state index contributed by atoms with van der Waals surface area (Å²) in [7, 11) is 1.55. The molecule has 0 aliphatic rings. The monoisotopic (exact) mass is 506 g/mol. The van der Waals surface area contributed by atoms with Gasteiger partial charge in [-0.25, -0.2) is 4.79 Å². The highest BCUT2D eigenvalue weighted by molar-refractivity contribution is 14.1. The summed E-state index contributed by atoms with van der Waals surface area (Å²) in [6.07, 6.45) is 1.48. The number of amides is 1. The SMILES string of the molecule is CCOC(=O)COc1ccc(/C=C(/C#N)C(=O)Nc2ccc(OC)cc2)cc1I. The third-order valence-electron chi connectivity index (χ3n) is 3.63. The van der Waals surface area contributed by atoms with Crippen LogP contribution in [0.1, 0.15) is 12.5 Å². The second kappa shape index (κ2) is 11.1. The molecule has 2 aromatic carbocycles. The maximum atomic E-state index is 12.4. The summed E-state index contributed by atoms with van der Waals surface area (Å²) in [6, 6.07) is 13.8. The molecule has 0 fully saturated rings. The predicted molar refractivity (Wildman–Crippen MR) is 117 cm³/mol. The standard InChI is InChI=1S/C21H19IN2O5/c1-3-28-20(25)13-29-19-9-4-14(11-18(19)22)10-15(12-23)21(26)24-16-5-7-17(27-2)8-6-16/h4-11H,3,13H2,1-2H3,(H,24,26)/b15-10-. The first-order valence-electron chi connectivity index (χ1n) is 8.62. The zero-order valence-electron chi connectivity index (χ0n) is 15.9. The van der Waals surface area contributed by atoms with Gasteiger partial charge in [-0.1, -0.05) is 6.07 Å². The molecule has 0 aliphatic heterocycles. The summed E-state index contributed by atoms with van der Waals surface area (Å²) >= 11 is 2.05. The molecule has 0 saturated heterocycles. The summed E-state index contributed by atoms with van der Waals surface area (Å²) in [5, 5.41) is 12.0. The lowest BCUT2D eigenvalue weighted by Crippen LogP contribution is -2.15. The highest BCUT2D eigenvalue weighted by Crippen LogP contribution is 2.24. The van der Waals surface area contributed by atoms with Gasteiger partial charge in [0, 0.05) is 5.69 Å². The van der Waals surface area contributed by atoms with Crippen LogP contribution in [0.5, 0.6) is 11.5 Å². The molecule has 0 radical (unpaired) electrons. The molecule has 0 heterocycles. The van der Waals surface area contributed by atoms with Crippen LogP contribution in [-0.4, -0.2) is 32.2 Å². The Bertz CT molecular complexity index is 949. The van der Waals surface area contributed by atoms with Gasteiger partial charge in [-0.15, -0.1) is 0 Å². The molecule has 0 spiro atoms. The Morgan fingerprint density at radius 2 is 1.93 bits per heavy atom. The molecule has 7 nitrogen and oxygen atoms in total. The number of rotatable bonds is 8. The Kier molecular flexibility index (Phi) is 8.48. The number of nitrogens with zero attached hydrogens (tertiary/aromatic N) is 1. The van der Waals surface area contributed by atoms with E-state index in [1.54, 1.807) is 56.5 Å². The number of carbonyl (C=O) groups excluding carboxylic acids is 2. The Morgan fingerprint density at radius 1 is 1.21 bits per heavy atom. The Morgan fingerprint density at radius 3 is 2.52 bits per heavy atom. The quantitative estimate of drug-likeness (QED) is 0.253. The van der Waals surface area contributed by atoms with Crippen LogP contribution in [0.25, 0.3) is 6.08 Å². The van der Waals surface area contributed by atoms with E-state index in [-0.39, 0.29) is 12.2 Å². The van der Waals surface area contributed by atoms with Gasteiger partial charge in [0.25, 0.3) is 5.91 Å². The molecule has 2 aromatic rings. The minimum absolute atomic E-state index is 0.0446. The number of hydrogen-bond acceptors (Lipinski definition) is 6. The molecule has 1 N–H and O–H groups in total. The Labute approximate surface area is 182 Å². The number of methoxy groups -OCH3 is 1. The average Bonchev–Trinajstić information content (AvgIpc) is 2.72. The van der Waals surface area contributed by atoms with Gasteiger partial charge >= 0.3 is 5.97 Å². The molecule has 0 atom stereocenters. The second-order valence-corrected chi connectivity index (χ2v) is 6.80. The van der Waals surface area contributed by atoms with Crippen molar-refractivity contribution in [3.8, 4) is 17.6 Å². The topological polar surface area (TPSA) is 97.7 Å².